The van der Waals surface area contributed by atoms with E-state index in [1.165, 1.54) is 12.1 Å². The molecule has 0 radical (unpaired) electrons. The van der Waals surface area contributed by atoms with E-state index in [0.29, 0.717) is 18.8 Å². The zero-order valence-corrected chi connectivity index (χ0v) is 19.1. The lowest BCUT2D eigenvalue weighted by molar-refractivity contribution is 0.153. The number of hydrogen-bond donors (Lipinski definition) is 1. The smallest absolute Gasteiger partial charge is 0.339 e. The molecule has 3 rings (SSSR count). The van der Waals surface area contributed by atoms with E-state index in [4.69, 9.17) is 8.92 Å². The van der Waals surface area contributed by atoms with Gasteiger partial charge in [0.05, 0.1) is 6.61 Å². The SMILES string of the molecule is COCCN(Cc1ccc(OS(=O)(=O)c2ccc(F)cc2)cc1)C(=O)Nc1cccc(C)c1. The number of aryl methyl sites for hydroxylation is 1. The molecule has 33 heavy (non-hydrogen) atoms. The number of halogens is 1. The predicted molar refractivity (Wildman–Crippen MR) is 123 cm³/mol. The first kappa shape index (κ1) is 24.2. The van der Waals surface area contributed by atoms with Gasteiger partial charge in [-0.2, -0.15) is 8.42 Å². The molecule has 0 spiro atoms. The number of ether oxygens (including phenoxy) is 1. The quantitative estimate of drug-likeness (QED) is 0.461. The minimum atomic E-state index is -4.09. The van der Waals surface area contributed by atoms with Gasteiger partial charge in [0.15, 0.2) is 0 Å². The third kappa shape index (κ3) is 7.03. The van der Waals surface area contributed by atoms with Crippen LogP contribution in [-0.4, -0.2) is 39.6 Å². The number of carbonyl (C=O) groups excluding carboxylic acids is 1. The summed E-state index contributed by atoms with van der Waals surface area (Å²) >= 11 is 0. The minimum absolute atomic E-state index is 0.107. The van der Waals surface area contributed by atoms with Gasteiger partial charge in [0.2, 0.25) is 0 Å². The molecule has 2 amide bonds. The molecular weight excluding hydrogens is 447 g/mol. The van der Waals surface area contributed by atoms with Crippen molar-refractivity contribution in [2.45, 2.75) is 18.4 Å². The molecule has 3 aromatic carbocycles. The maximum atomic E-state index is 13.0. The van der Waals surface area contributed by atoms with Crippen molar-refractivity contribution >= 4 is 21.8 Å². The Morgan fingerprint density at radius 2 is 1.73 bits per heavy atom. The lowest BCUT2D eigenvalue weighted by Crippen LogP contribution is -2.36. The van der Waals surface area contributed by atoms with Crippen molar-refractivity contribution in [1.29, 1.82) is 0 Å². The minimum Gasteiger partial charge on any atom is -0.383 e. The molecule has 0 atom stereocenters. The predicted octanol–water partition coefficient (Wildman–Crippen LogP) is 4.58. The summed E-state index contributed by atoms with van der Waals surface area (Å²) in [6.45, 7) is 2.95. The first-order valence-corrected chi connectivity index (χ1v) is 11.6. The van der Waals surface area contributed by atoms with Crippen LogP contribution in [0.2, 0.25) is 0 Å². The Labute approximate surface area is 192 Å². The first-order valence-electron chi connectivity index (χ1n) is 10.2. The van der Waals surface area contributed by atoms with E-state index in [0.717, 1.165) is 35.4 Å². The molecule has 0 aliphatic carbocycles. The maximum absolute atomic E-state index is 13.0. The highest BCUT2D eigenvalue weighted by atomic mass is 32.2. The lowest BCUT2D eigenvalue weighted by Gasteiger charge is -2.23. The van der Waals surface area contributed by atoms with Crippen molar-refractivity contribution in [3.05, 3.63) is 89.7 Å². The highest BCUT2D eigenvalue weighted by molar-refractivity contribution is 7.87. The average Bonchev–Trinajstić information content (AvgIpc) is 2.78. The molecule has 0 fully saturated rings. The standard InChI is InChI=1S/C24H25FN2O5S/c1-18-4-3-5-21(16-18)26-24(28)27(14-15-31-2)17-19-6-10-22(11-7-19)32-33(29,30)23-12-8-20(25)9-13-23/h3-13,16H,14-15,17H2,1-2H3,(H,26,28). The third-order valence-corrected chi connectivity index (χ3v) is 5.99. The van der Waals surface area contributed by atoms with Gasteiger partial charge in [0.1, 0.15) is 16.5 Å². The van der Waals surface area contributed by atoms with Crippen molar-refractivity contribution < 1.29 is 26.5 Å². The number of methoxy groups -OCH3 is 1. The Morgan fingerprint density at radius 1 is 1.03 bits per heavy atom. The summed E-state index contributed by atoms with van der Waals surface area (Å²) in [5, 5.41) is 2.88. The molecule has 3 aromatic rings. The second-order valence-electron chi connectivity index (χ2n) is 7.35. The molecule has 7 nitrogen and oxygen atoms in total. The summed E-state index contributed by atoms with van der Waals surface area (Å²) in [6.07, 6.45) is 0. The van der Waals surface area contributed by atoms with Crippen molar-refractivity contribution in [3.63, 3.8) is 0 Å². The number of nitrogens with zero attached hydrogens (tertiary/aromatic N) is 1. The molecule has 9 heteroatoms. The molecule has 1 N–H and O–H groups in total. The van der Waals surface area contributed by atoms with E-state index in [-0.39, 0.29) is 23.2 Å². The summed E-state index contributed by atoms with van der Waals surface area (Å²) in [5.74, 6) is -0.432. The van der Waals surface area contributed by atoms with Gasteiger partial charge < -0.3 is 19.1 Å². The average molecular weight is 473 g/mol. The Morgan fingerprint density at radius 3 is 2.36 bits per heavy atom. The summed E-state index contributed by atoms with van der Waals surface area (Å²) in [4.78, 5) is 14.2. The van der Waals surface area contributed by atoms with Crippen LogP contribution in [0.15, 0.2) is 77.7 Å². The fourth-order valence-electron chi connectivity index (χ4n) is 3.03. The van der Waals surface area contributed by atoms with Gasteiger partial charge >= 0.3 is 16.1 Å². The van der Waals surface area contributed by atoms with Gasteiger partial charge in [-0.25, -0.2) is 9.18 Å². The topological polar surface area (TPSA) is 84.9 Å². The van der Waals surface area contributed by atoms with Crippen molar-refractivity contribution in [2.24, 2.45) is 0 Å². The van der Waals surface area contributed by atoms with Gasteiger partial charge in [-0.05, 0) is 66.6 Å². The van der Waals surface area contributed by atoms with Crippen LogP contribution in [0.1, 0.15) is 11.1 Å². The number of hydrogen-bond acceptors (Lipinski definition) is 5. The molecular formula is C24H25FN2O5S. The van der Waals surface area contributed by atoms with Gasteiger partial charge in [0.25, 0.3) is 0 Å². The molecule has 0 bridgehead atoms. The van der Waals surface area contributed by atoms with Crippen molar-refractivity contribution in [3.8, 4) is 5.75 Å². The van der Waals surface area contributed by atoms with Crippen LogP contribution in [0.3, 0.4) is 0 Å². The highest BCUT2D eigenvalue weighted by Crippen LogP contribution is 2.20. The largest absolute Gasteiger partial charge is 0.383 e. The first-order chi connectivity index (χ1) is 15.8. The monoisotopic (exact) mass is 472 g/mol. The van der Waals surface area contributed by atoms with Crippen LogP contribution >= 0.6 is 0 Å². The molecule has 0 aliphatic heterocycles. The van der Waals surface area contributed by atoms with Crippen LogP contribution in [-0.2, 0) is 21.4 Å². The number of benzene rings is 3. The number of carbonyl (C=O) groups is 1. The fraction of sp³-hybridized carbons (Fsp3) is 0.208. The van der Waals surface area contributed by atoms with E-state index in [9.17, 15) is 17.6 Å². The zero-order valence-electron chi connectivity index (χ0n) is 18.3. The van der Waals surface area contributed by atoms with Crippen LogP contribution in [0, 0.1) is 12.7 Å². The van der Waals surface area contributed by atoms with E-state index >= 15 is 0 Å². The Hall–Kier alpha value is -3.43. The Kier molecular flexibility index (Phi) is 8.02. The van der Waals surface area contributed by atoms with Crippen LogP contribution in [0.4, 0.5) is 14.9 Å². The summed E-state index contributed by atoms with van der Waals surface area (Å²) in [6, 6.07) is 18.0. The molecule has 0 aromatic heterocycles. The lowest BCUT2D eigenvalue weighted by atomic mass is 10.2. The van der Waals surface area contributed by atoms with Crippen LogP contribution in [0.5, 0.6) is 5.75 Å². The zero-order chi connectivity index (χ0) is 23.8. The van der Waals surface area contributed by atoms with Crippen molar-refractivity contribution in [1.82, 2.24) is 4.90 Å². The van der Waals surface area contributed by atoms with Gasteiger partial charge in [-0.3, -0.25) is 0 Å². The fourth-order valence-corrected chi connectivity index (χ4v) is 3.96. The number of anilines is 1. The van der Waals surface area contributed by atoms with Gasteiger partial charge in [-0.1, -0.05) is 24.3 Å². The molecule has 0 unspecified atom stereocenters. The van der Waals surface area contributed by atoms with E-state index in [1.54, 1.807) is 24.1 Å². The van der Waals surface area contributed by atoms with E-state index in [1.807, 2.05) is 31.2 Å². The van der Waals surface area contributed by atoms with Crippen LogP contribution < -0.4 is 9.50 Å². The Bertz CT molecular complexity index is 1180. The van der Waals surface area contributed by atoms with Gasteiger partial charge in [-0.15, -0.1) is 0 Å². The van der Waals surface area contributed by atoms with Gasteiger partial charge in [0, 0.05) is 25.9 Å². The molecule has 0 heterocycles. The molecule has 0 aliphatic rings. The number of rotatable bonds is 9. The van der Waals surface area contributed by atoms with Crippen molar-refractivity contribution in [2.75, 3.05) is 25.6 Å². The maximum Gasteiger partial charge on any atom is 0.339 e. The Balaban J connectivity index is 1.68. The number of urea groups is 1. The number of amides is 2. The van der Waals surface area contributed by atoms with E-state index in [2.05, 4.69) is 5.32 Å². The van der Waals surface area contributed by atoms with Crippen LogP contribution in [0.25, 0.3) is 0 Å². The van der Waals surface area contributed by atoms with E-state index < -0.39 is 15.9 Å². The molecule has 174 valence electrons. The highest BCUT2D eigenvalue weighted by Gasteiger charge is 2.18. The molecule has 0 saturated heterocycles. The number of nitrogens with one attached hydrogen (secondary N) is 1. The second-order valence-corrected chi connectivity index (χ2v) is 8.90. The normalized spacial score (nSPS) is 11.1. The summed E-state index contributed by atoms with van der Waals surface area (Å²) in [7, 11) is -2.53. The summed E-state index contributed by atoms with van der Waals surface area (Å²) < 4.78 is 48.0. The molecule has 0 saturated carbocycles. The summed E-state index contributed by atoms with van der Waals surface area (Å²) in [5.41, 5.74) is 2.50. The second kappa shape index (κ2) is 10.9. The third-order valence-electron chi connectivity index (χ3n) is 4.73.